The summed E-state index contributed by atoms with van der Waals surface area (Å²) >= 11 is 11.7. The number of ether oxygens (including phenoxy) is 2. The number of hydrogen-bond acceptors (Lipinski definition) is 4. The van der Waals surface area contributed by atoms with E-state index < -0.39 is 19.1 Å². The molecule has 0 heterocycles. The lowest BCUT2D eigenvalue weighted by molar-refractivity contribution is 0.0177. The lowest BCUT2D eigenvalue weighted by Crippen LogP contribution is -2.33. The molecule has 0 aliphatic heterocycles. The molecule has 1 aromatic carbocycles. The molecule has 0 aliphatic carbocycles. The number of halogens is 4. The van der Waals surface area contributed by atoms with Crippen LogP contribution in [0.25, 0.3) is 0 Å². The molecule has 0 bridgehead atoms. The lowest BCUT2D eigenvalue weighted by atomic mass is 10.3. The van der Waals surface area contributed by atoms with Gasteiger partial charge in [0, 0.05) is 18.1 Å². The van der Waals surface area contributed by atoms with Crippen LogP contribution in [-0.2, 0) is 4.74 Å². The largest absolute Gasteiger partial charge is 0.489 e. The third-order valence-corrected chi connectivity index (χ3v) is 2.90. The van der Waals surface area contributed by atoms with Gasteiger partial charge < -0.3 is 19.9 Å². The molecule has 0 spiro atoms. The predicted molar refractivity (Wildman–Crippen MR) is 77.7 cm³/mol. The van der Waals surface area contributed by atoms with Crippen LogP contribution < -0.4 is 10.1 Å². The standard InChI is InChI=1S/C13H17Cl2F2NO3/c14-9-1-2-12(11(15)5-9)21-7-10(19)6-18-3-4-20-8-13(16)17/h1-2,5,10,13,18-19H,3-4,6-8H2. The number of aliphatic hydroxyl groups is 1. The van der Waals surface area contributed by atoms with E-state index in [1.54, 1.807) is 18.2 Å². The average molecular weight is 344 g/mol. The van der Waals surface area contributed by atoms with Crippen LogP contribution in [0.5, 0.6) is 5.75 Å². The van der Waals surface area contributed by atoms with E-state index in [-0.39, 0.29) is 19.8 Å². The molecule has 8 heteroatoms. The molecule has 1 aromatic rings. The van der Waals surface area contributed by atoms with Gasteiger partial charge in [0.25, 0.3) is 6.43 Å². The molecule has 21 heavy (non-hydrogen) atoms. The fraction of sp³-hybridized carbons (Fsp3) is 0.538. The van der Waals surface area contributed by atoms with Crippen LogP contribution in [0.2, 0.25) is 10.0 Å². The zero-order chi connectivity index (χ0) is 15.7. The molecule has 1 rings (SSSR count). The van der Waals surface area contributed by atoms with Gasteiger partial charge in [0.2, 0.25) is 0 Å². The van der Waals surface area contributed by atoms with Gasteiger partial charge in [0.1, 0.15) is 25.1 Å². The van der Waals surface area contributed by atoms with Crippen LogP contribution in [0.4, 0.5) is 8.78 Å². The van der Waals surface area contributed by atoms with Crippen molar-refractivity contribution in [3.05, 3.63) is 28.2 Å². The molecule has 0 saturated carbocycles. The second-order valence-electron chi connectivity index (χ2n) is 4.21. The molecule has 0 radical (unpaired) electrons. The maximum absolute atomic E-state index is 11.8. The van der Waals surface area contributed by atoms with Crippen molar-refractivity contribution in [2.45, 2.75) is 12.5 Å². The molecular weight excluding hydrogens is 327 g/mol. The van der Waals surface area contributed by atoms with Crippen molar-refractivity contribution in [2.75, 3.05) is 32.9 Å². The maximum atomic E-state index is 11.8. The Morgan fingerprint density at radius 3 is 2.67 bits per heavy atom. The zero-order valence-corrected chi connectivity index (χ0v) is 12.7. The molecule has 1 unspecified atom stereocenters. The van der Waals surface area contributed by atoms with Crippen LogP contribution >= 0.6 is 23.2 Å². The van der Waals surface area contributed by atoms with Crippen molar-refractivity contribution < 1.29 is 23.4 Å². The summed E-state index contributed by atoms with van der Waals surface area (Å²) in [6.07, 6.45) is -3.22. The second-order valence-corrected chi connectivity index (χ2v) is 5.05. The molecule has 1 atom stereocenters. The summed E-state index contributed by atoms with van der Waals surface area (Å²) < 4.78 is 33.6. The fourth-order valence-corrected chi connectivity index (χ4v) is 1.89. The molecule has 0 amide bonds. The SMILES string of the molecule is OC(CNCCOCC(F)F)COc1ccc(Cl)cc1Cl. The van der Waals surface area contributed by atoms with Crippen molar-refractivity contribution in [1.82, 2.24) is 5.32 Å². The molecular formula is C13H17Cl2F2NO3. The Balaban J connectivity index is 2.12. The quantitative estimate of drug-likeness (QED) is 0.641. The number of benzene rings is 1. The van der Waals surface area contributed by atoms with Crippen molar-refractivity contribution in [1.29, 1.82) is 0 Å². The minimum absolute atomic E-state index is 0.0479. The third kappa shape index (κ3) is 8.38. The van der Waals surface area contributed by atoms with E-state index >= 15 is 0 Å². The molecule has 0 aliphatic rings. The highest BCUT2D eigenvalue weighted by atomic mass is 35.5. The van der Waals surface area contributed by atoms with Gasteiger partial charge >= 0.3 is 0 Å². The van der Waals surface area contributed by atoms with E-state index in [1.165, 1.54) is 0 Å². The fourth-order valence-electron chi connectivity index (χ4n) is 1.42. The van der Waals surface area contributed by atoms with Gasteiger partial charge in [0.05, 0.1) is 11.6 Å². The van der Waals surface area contributed by atoms with E-state index in [0.29, 0.717) is 22.3 Å². The lowest BCUT2D eigenvalue weighted by Gasteiger charge is -2.14. The van der Waals surface area contributed by atoms with Crippen molar-refractivity contribution >= 4 is 23.2 Å². The molecule has 0 fully saturated rings. The molecule has 0 saturated heterocycles. The highest BCUT2D eigenvalue weighted by Gasteiger charge is 2.08. The van der Waals surface area contributed by atoms with Gasteiger partial charge in [-0.1, -0.05) is 23.2 Å². The Morgan fingerprint density at radius 2 is 2.00 bits per heavy atom. The van der Waals surface area contributed by atoms with Crippen molar-refractivity contribution in [2.24, 2.45) is 0 Å². The van der Waals surface area contributed by atoms with Crippen LogP contribution in [0.3, 0.4) is 0 Å². The Bertz CT molecular complexity index is 424. The minimum Gasteiger partial charge on any atom is -0.489 e. The van der Waals surface area contributed by atoms with E-state index in [9.17, 15) is 13.9 Å². The predicted octanol–water partition coefficient (Wildman–Crippen LogP) is 2.60. The number of rotatable bonds is 10. The van der Waals surface area contributed by atoms with E-state index in [0.717, 1.165) is 0 Å². The van der Waals surface area contributed by atoms with Crippen molar-refractivity contribution in [3.63, 3.8) is 0 Å². The average Bonchev–Trinajstić information content (AvgIpc) is 2.41. The Kier molecular flexibility index (Phi) is 8.87. The van der Waals surface area contributed by atoms with Gasteiger partial charge in [-0.3, -0.25) is 0 Å². The first kappa shape index (κ1) is 18.4. The summed E-state index contributed by atoms with van der Waals surface area (Å²) in [6.45, 7) is 0.240. The second kappa shape index (κ2) is 10.1. The molecule has 120 valence electrons. The van der Waals surface area contributed by atoms with Gasteiger partial charge in [-0.2, -0.15) is 0 Å². The van der Waals surface area contributed by atoms with E-state index in [1.807, 2.05) is 0 Å². The Morgan fingerprint density at radius 1 is 1.24 bits per heavy atom. The number of hydrogen-bond donors (Lipinski definition) is 2. The normalized spacial score (nSPS) is 12.7. The number of alkyl halides is 2. The summed E-state index contributed by atoms with van der Waals surface area (Å²) in [5.74, 6) is 0.431. The highest BCUT2D eigenvalue weighted by molar-refractivity contribution is 6.35. The summed E-state index contributed by atoms with van der Waals surface area (Å²) in [7, 11) is 0. The molecule has 4 nitrogen and oxygen atoms in total. The van der Waals surface area contributed by atoms with Gasteiger partial charge in [-0.15, -0.1) is 0 Å². The smallest absolute Gasteiger partial charge is 0.261 e. The number of nitrogens with one attached hydrogen (secondary N) is 1. The first-order valence-electron chi connectivity index (χ1n) is 6.31. The Hall–Kier alpha value is -0.660. The first-order chi connectivity index (χ1) is 9.99. The molecule has 2 N–H and O–H groups in total. The third-order valence-electron chi connectivity index (χ3n) is 2.37. The maximum Gasteiger partial charge on any atom is 0.261 e. The van der Waals surface area contributed by atoms with Crippen LogP contribution in [0.15, 0.2) is 18.2 Å². The van der Waals surface area contributed by atoms with Gasteiger partial charge in [-0.05, 0) is 18.2 Å². The first-order valence-corrected chi connectivity index (χ1v) is 7.07. The monoisotopic (exact) mass is 343 g/mol. The summed E-state index contributed by atoms with van der Waals surface area (Å²) in [5, 5.41) is 13.4. The van der Waals surface area contributed by atoms with Gasteiger partial charge in [0.15, 0.2) is 0 Å². The highest BCUT2D eigenvalue weighted by Crippen LogP contribution is 2.27. The van der Waals surface area contributed by atoms with E-state index in [4.69, 9.17) is 27.9 Å². The van der Waals surface area contributed by atoms with Crippen LogP contribution in [0.1, 0.15) is 0 Å². The summed E-state index contributed by atoms with van der Waals surface area (Å²) in [5.41, 5.74) is 0. The van der Waals surface area contributed by atoms with Crippen molar-refractivity contribution in [3.8, 4) is 5.75 Å². The minimum atomic E-state index is -2.46. The Labute approximate surface area is 131 Å². The summed E-state index contributed by atoms with van der Waals surface area (Å²) in [6, 6.07) is 4.79. The number of aliphatic hydroxyl groups excluding tert-OH is 1. The van der Waals surface area contributed by atoms with Gasteiger partial charge in [-0.25, -0.2) is 8.78 Å². The van der Waals surface area contributed by atoms with Crippen LogP contribution in [0, 0.1) is 0 Å². The molecule has 0 aromatic heterocycles. The summed E-state index contributed by atoms with van der Waals surface area (Å²) in [4.78, 5) is 0. The van der Waals surface area contributed by atoms with E-state index in [2.05, 4.69) is 10.1 Å². The topological polar surface area (TPSA) is 50.7 Å². The zero-order valence-electron chi connectivity index (χ0n) is 11.2. The van der Waals surface area contributed by atoms with Crippen LogP contribution in [-0.4, -0.2) is 50.5 Å².